The van der Waals surface area contributed by atoms with Crippen LogP contribution in [0, 0.1) is 24.0 Å². The minimum atomic E-state index is -1.38. The van der Waals surface area contributed by atoms with E-state index in [-0.39, 0.29) is 73.3 Å². The summed E-state index contributed by atoms with van der Waals surface area (Å²) in [5.74, 6) is -3.65. The molecule has 0 saturated carbocycles. The van der Waals surface area contributed by atoms with Crippen molar-refractivity contribution in [2.45, 2.75) is 71.3 Å². The number of nitrogens with one attached hydrogen (secondary N) is 4. The predicted octanol–water partition coefficient (Wildman–Crippen LogP) is 7.79. The maximum atomic E-state index is 16.0. The number of hydrogen-bond acceptors (Lipinski definition) is 36. The maximum Gasteiger partial charge on any atom is 0.328 e. The average Bonchev–Trinajstić information content (AvgIpc) is 1.75. The van der Waals surface area contributed by atoms with E-state index in [2.05, 4.69) is 60.1 Å². The molecule has 6 N–H and O–H groups in total. The number of ether oxygens (including phenoxy) is 26. The lowest BCUT2D eigenvalue weighted by atomic mass is 9.71. The van der Waals surface area contributed by atoms with Crippen molar-refractivity contribution in [2.24, 2.45) is 11.1 Å². The summed E-state index contributed by atoms with van der Waals surface area (Å²) in [5.41, 5.74) is 9.72. The van der Waals surface area contributed by atoms with Gasteiger partial charge in [-0.15, -0.1) is 0 Å². The number of amides is 6. The number of imide groups is 1. The van der Waals surface area contributed by atoms with Crippen LogP contribution in [0.4, 0.5) is 25.0 Å². The lowest BCUT2D eigenvalue weighted by Crippen LogP contribution is -2.50. The van der Waals surface area contributed by atoms with Crippen LogP contribution >= 0.6 is 0 Å². The molecule has 0 aliphatic carbocycles. The van der Waals surface area contributed by atoms with E-state index in [1.807, 2.05) is 11.0 Å². The quantitative estimate of drug-likeness (QED) is 0.0179. The van der Waals surface area contributed by atoms with Gasteiger partial charge in [0.15, 0.2) is 0 Å². The van der Waals surface area contributed by atoms with Crippen LogP contribution in [0.1, 0.15) is 89.8 Å². The Morgan fingerprint density at radius 1 is 0.470 bits per heavy atom. The molecule has 0 bridgehead atoms. The molecule has 2 aromatic heterocycles. The Kier molecular flexibility index (Phi) is 62.7. The highest BCUT2D eigenvalue weighted by atomic mass is 19.1. The molecule has 3 aliphatic rings. The van der Waals surface area contributed by atoms with Gasteiger partial charge < -0.3 is 154 Å². The smallest absolute Gasteiger partial charge is 0.328 e. The van der Waals surface area contributed by atoms with Crippen molar-refractivity contribution < 1.29 is 161 Å². The van der Waals surface area contributed by atoms with Crippen molar-refractivity contribution in [3.63, 3.8) is 0 Å². The number of hydrogen-bond donors (Lipinski definition) is 5. The number of esters is 1. The first-order chi connectivity index (χ1) is 72.9. The number of rotatable bonds is 88. The molecular weight excluding hydrogens is 1950 g/mol. The van der Waals surface area contributed by atoms with Crippen LogP contribution in [0.2, 0.25) is 0 Å². The van der Waals surface area contributed by atoms with Gasteiger partial charge in [-0.3, -0.25) is 34.2 Å². The van der Waals surface area contributed by atoms with Crippen LogP contribution in [0.3, 0.4) is 0 Å². The molecule has 0 atom stereocenters. The molecule has 4 aromatic carbocycles. The van der Waals surface area contributed by atoms with Gasteiger partial charge >= 0.3 is 12.0 Å². The molecule has 6 aromatic rings. The molecule has 3 fully saturated rings. The molecule has 0 unspecified atom stereocenters. The zero-order chi connectivity index (χ0) is 106. The third-order valence-corrected chi connectivity index (χ3v) is 24.1. The van der Waals surface area contributed by atoms with Gasteiger partial charge in [-0.25, -0.2) is 23.5 Å². The molecule has 42 nitrogen and oxygen atoms in total. The summed E-state index contributed by atoms with van der Waals surface area (Å²) in [7, 11) is 1.51. The van der Waals surface area contributed by atoms with Crippen LogP contribution in [0.25, 0.3) is 33.5 Å². The summed E-state index contributed by atoms with van der Waals surface area (Å²) in [5, 5.41) is 8.15. The average molecular weight is 2110 g/mol. The summed E-state index contributed by atoms with van der Waals surface area (Å²) >= 11 is 0. The molecule has 149 heavy (non-hydrogen) atoms. The number of nitrogens with two attached hydrogens (primary N) is 1. The van der Waals surface area contributed by atoms with Gasteiger partial charge in [0.2, 0.25) is 11.8 Å². The van der Waals surface area contributed by atoms with E-state index < -0.39 is 47.6 Å². The fourth-order valence-corrected chi connectivity index (χ4v) is 15.8. The standard InChI is InChI=1S/C105H158F2N10O32/c1-82-89(99-90-79-93(112-100(90)111-81-110-99)84-7-5-83(6-8-84)13-21-115-23-16-105(17-24-115)18-25-116(26-19-105)102(122)85-9-12-95(124-4)94(75-85)117-22-14-97(119)114-103(117)123)77-87(106)78-92(82)113-101(121)88-11-10-86(76-91(88)107)104(2,3)149-98(120)80-109-96(118)15-27-125-29-31-127-33-35-129-37-39-131-41-43-133-45-47-135-49-51-137-53-55-139-57-59-141-61-63-143-65-67-145-69-71-147-73-74-148-72-70-146-68-66-144-64-62-142-60-58-140-56-54-138-52-50-136-48-46-134-44-42-132-40-38-130-36-34-128-32-30-126-28-20-108/h5-12,75-79,81H,13-74,80,108H2,1-4H3,(H,109,118)(H,113,121)(H,110,111,112)(H,114,119,123). The molecule has 3 saturated heterocycles. The minimum Gasteiger partial charge on any atom is -0.495 e. The molecule has 834 valence electrons. The number of anilines is 2. The number of aromatic amines is 1. The highest BCUT2D eigenvalue weighted by Gasteiger charge is 2.40. The fourth-order valence-electron chi connectivity index (χ4n) is 15.8. The number of carbonyl (C=O) groups excluding carboxylic acids is 6. The molecule has 1 spiro atoms. The molecule has 44 heteroatoms. The highest BCUT2D eigenvalue weighted by molar-refractivity contribution is 6.08. The summed E-state index contributed by atoms with van der Waals surface area (Å²) in [6.45, 7) is 30.5. The monoisotopic (exact) mass is 2110 g/mol. The normalized spacial score (nSPS) is 14.0. The van der Waals surface area contributed by atoms with Crippen LogP contribution in [-0.2, 0) is 145 Å². The van der Waals surface area contributed by atoms with Gasteiger partial charge in [0.05, 0.1) is 341 Å². The second-order valence-corrected chi connectivity index (χ2v) is 35.2. The summed E-state index contributed by atoms with van der Waals surface area (Å²) < 4.78 is 175. The third-order valence-electron chi connectivity index (χ3n) is 24.1. The van der Waals surface area contributed by atoms with E-state index in [9.17, 15) is 28.8 Å². The fraction of sp³-hybridized carbons (Fsp3) is 0.657. The van der Waals surface area contributed by atoms with Crippen molar-refractivity contribution in [1.82, 2.24) is 35.4 Å². The lowest BCUT2D eigenvalue weighted by molar-refractivity contribution is -0.157. The number of aromatic nitrogens is 3. The van der Waals surface area contributed by atoms with Gasteiger partial charge in [-0.2, -0.15) is 0 Å². The number of carbonyl (C=O) groups is 6. The molecule has 6 amide bonds. The van der Waals surface area contributed by atoms with Crippen molar-refractivity contribution in [3.05, 3.63) is 125 Å². The molecule has 0 radical (unpaired) electrons. The first kappa shape index (κ1) is 123. The van der Waals surface area contributed by atoms with E-state index in [4.69, 9.17) is 129 Å². The van der Waals surface area contributed by atoms with Crippen molar-refractivity contribution >= 4 is 58.0 Å². The zero-order valence-electron chi connectivity index (χ0n) is 87.3. The minimum absolute atomic E-state index is 0.0306. The zero-order valence-corrected chi connectivity index (χ0v) is 87.3. The SMILES string of the molecule is COc1ccc(C(=O)N2CCC3(CCN(CCc4ccc(-c5cc6c(-c7cc(F)cc(NC(=O)c8ccc(C(C)(C)OC(=O)CNC(=O)CCOCCOCCOCCOCCOCCOCCOCCOCCOCCOCCOCCOCCOCCOCCOCCOCCOCCOCCOCCOCCOCCOCCOCCOCCN)cc8F)c7C)ncnc6[nH]5)cc4)CC3)CC2)cc1N1CCC(=O)NC1=O. The van der Waals surface area contributed by atoms with E-state index in [1.54, 1.807) is 39.0 Å². The number of nitrogens with zero attached hydrogens (tertiary/aromatic N) is 5. The molecule has 9 rings (SSSR count). The number of urea groups is 1. The second-order valence-electron chi connectivity index (χ2n) is 35.2. The molecular formula is C105H158F2N10O32. The van der Waals surface area contributed by atoms with Crippen molar-refractivity contribution in [1.29, 1.82) is 0 Å². The third kappa shape index (κ3) is 50.1. The van der Waals surface area contributed by atoms with Crippen LogP contribution < -0.4 is 31.3 Å². The highest BCUT2D eigenvalue weighted by Crippen LogP contribution is 2.43. The topological polar surface area (TPSA) is 456 Å². The number of fused-ring (bicyclic) bond motifs is 1. The lowest BCUT2D eigenvalue weighted by Gasteiger charge is -2.47. The van der Waals surface area contributed by atoms with E-state index in [1.165, 1.54) is 42.1 Å². The Hall–Kier alpha value is -9.06. The van der Waals surface area contributed by atoms with Gasteiger partial charge in [-0.05, 0) is 142 Å². The Morgan fingerprint density at radius 3 is 1.28 bits per heavy atom. The Morgan fingerprint density at radius 2 is 0.879 bits per heavy atom. The van der Waals surface area contributed by atoms with E-state index >= 15 is 8.78 Å². The number of likely N-dealkylation sites (tertiary alicyclic amines) is 2. The van der Waals surface area contributed by atoms with E-state index in [0.29, 0.717) is 362 Å². The van der Waals surface area contributed by atoms with Crippen LogP contribution in [0.15, 0.2) is 85.2 Å². The van der Waals surface area contributed by atoms with Crippen LogP contribution in [-0.4, -0.2) is 437 Å². The van der Waals surface area contributed by atoms with Crippen molar-refractivity contribution in [2.75, 3.05) is 387 Å². The second kappa shape index (κ2) is 75.6. The molecule has 3 aliphatic heterocycles. The first-order valence-corrected chi connectivity index (χ1v) is 51.6. The number of methoxy groups -OCH3 is 1. The Balaban J connectivity index is 0.470. The Bertz CT molecular complexity index is 4690. The summed E-state index contributed by atoms with van der Waals surface area (Å²) in [6, 6.07) is 21.1. The number of benzene rings is 4. The van der Waals surface area contributed by atoms with Gasteiger partial charge in [0, 0.05) is 73.5 Å². The van der Waals surface area contributed by atoms with Gasteiger partial charge in [-0.1, -0.05) is 30.3 Å². The number of piperidine rings is 2. The predicted molar refractivity (Wildman–Crippen MR) is 545 cm³/mol. The van der Waals surface area contributed by atoms with E-state index in [0.717, 1.165) is 75.1 Å². The first-order valence-electron chi connectivity index (χ1n) is 51.6. The van der Waals surface area contributed by atoms with Crippen molar-refractivity contribution in [3.8, 4) is 28.3 Å². The number of halogens is 2. The Labute approximate surface area is 872 Å². The van der Waals surface area contributed by atoms with Gasteiger partial charge in [0.1, 0.15) is 41.5 Å². The number of H-pyrrole nitrogens is 1. The maximum absolute atomic E-state index is 16.0. The molecule has 5 heterocycles. The summed E-state index contributed by atoms with van der Waals surface area (Å²) in [6.07, 6.45) is 6.31. The van der Waals surface area contributed by atoms with Gasteiger partial charge in [0.25, 0.3) is 11.8 Å². The van der Waals surface area contributed by atoms with Crippen LogP contribution in [0.5, 0.6) is 5.75 Å². The summed E-state index contributed by atoms with van der Waals surface area (Å²) in [4.78, 5) is 96.0. The largest absolute Gasteiger partial charge is 0.495 e.